The summed E-state index contributed by atoms with van der Waals surface area (Å²) in [6.07, 6.45) is 2.09. The third-order valence-corrected chi connectivity index (χ3v) is 12.9. The molecule has 4 rings (SSSR count). The van der Waals surface area contributed by atoms with Gasteiger partial charge in [0.2, 0.25) is 0 Å². The lowest BCUT2D eigenvalue weighted by atomic mass is 9.99. The second-order valence-corrected chi connectivity index (χ2v) is 16.9. The molecule has 3 N–H and O–H groups in total. The van der Waals surface area contributed by atoms with E-state index in [1.54, 1.807) is 17.5 Å². The van der Waals surface area contributed by atoms with Crippen molar-refractivity contribution in [1.82, 2.24) is 15.0 Å². The van der Waals surface area contributed by atoms with E-state index in [-0.39, 0.29) is 22.8 Å². The van der Waals surface area contributed by atoms with Crippen molar-refractivity contribution in [2.24, 2.45) is 5.73 Å². The van der Waals surface area contributed by atoms with Gasteiger partial charge in [-0.15, -0.1) is 11.3 Å². The Morgan fingerprint density at radius 1 is 1.08 bits per heavy atom. The van der Waals surface area contributed by atoms with Crippen LogP contribution in [0.25, 0.3) is 21.8 Å². The molecule has 2 heterocycles. The Morgan fingerprint density at radius 2 is 1.79 bits per heavy atom. The third-order valence-electron chi connectivity index (χ3n) is 7.41. The first-order valence-corrected chi connectivity index (χ1v) is 17.0. The van der Waals surface area contributed by atoms with E-state index in [0.717, 1.165) is 27.6 Å². The first kappa shape index (κ1) is 28.7. The van der Waals surface area contributed by atoms with E-state index in [1.807, 2.05) is 42.5 Å². The highest BCUT2D eigenvalue weighted by Crippen LogP contribution is 2.39. The van der Waals surface area contributed by atoms with Gasteiger partial charge in [-0.1, -0.05) is 63.2 Å². The summed E-state index contributed by atoms with van der Waals surface area (Å²) in [6.45, 7) is 13.7. The van der Waals surface area contributed by atoms with Crippen molar-refractivity contribution in [3.8, 4) is 27.6 Å². The number of thiazole rings is 1. The number of benzene rings is 2. The summed E-state index contributed by atoms with van der Waals surface area (Å²) < 4.78 is 12.9. The Labute approximate surface area is 236 Å². The molecule has 4 aromatic rings. The van der Waals surface area contributed by atoms with Crippen molar-refractivity contribution in [1.29, 1.82) is 0 Å². The van der Waals surface area contributed by atoms with E-state index in [9.17, 15) is 4.79 Å². The maximum Gasteiger partial charge on any atom is 0.268 e. The summed E-state index contributed by atoms with van der Waals surface area (Å²) in [6, 6.07) is 18.2. The standard InChI is InChI=1S/C30H38N4O3SSi/c1-20(37-39(5,6)30(2,3)4)24(28-32-18-25(33-28)27(31)35)15-16-36-23-14-10-13-22(17-23)26-19-38-29(34-26)21-11-8-7-9-12-21/h7-14,17-20,24H,15-16H2,1-6H3,(H2,31,35)(H,32,33)/t20-,24-/m0/s1. The predicted molar refractivity (Wildman–Crippen MR) is 161 cm³/mol. The second-order valence-electron chi connectivity index (χ2n) is 11.3. The number of H-pyrrole nitrogens is 1. The van der Waals surface area contributed by atoms with E-state index in [0.29, 0.717) is 18.9 Å². The molecule has 0 fully saturated rings. The molecular weight excluding hydrogens is 525 g/mol. The largest absolute Gasteiger partial charge is 0.494 e. The van der Waals surface area contributed by atoms with Crippen LogP contribution in [-0.2, 0) is 4.43 Å². The van der Waals surface area contributed by atoms with Crippen LogP contribution in [0.5, 0.6) is 5.75 Å². The van der Waals surface area contributed by atoms with Gasteiger partial charge in [-0.05, 0) is 43.6 Å². The molecule has 0 saturated heterocycles. The Hall–Kier alpha value is -3.27. The van der Waals surface area contributed by atoms with Crippen LogP contribution in [0.15, 0.2) is 66.2 Å². The normalized spacial score (nSPS) is 13.7. The predicted octanol–water partition coefficient (Wildman–Crippen LogP) is 7.26. The molecule has 39 heavy (non-hydrogen) atoms. The second kappa shape index (κ2) is 11.9. The van der Waals surface area contributed by atoms with Crippen molar-refractivity contribution in [2.75, 3.05) is 6.61 Å². The van der Waals surface area contributed by atoms with Gasteiger partial charge in [0, 0.05) is 28.6 Å². The van der Waals surface area contributed by atoms with Crippen LogP contribution < -0.4 is 10.5 Å². The fraction of sp³-hybridized carbons (Fsp3) is 0.367. The van der Waals surface area contributed by atoms with Gasteiger partial charge in [0.25, 0.3) is 5.91 Å². The Morgan fingerprint density at radius 3 is 2.46 bits per heavy atom. The fourth-order valence-electron chi connectivity index (χ4n) is 4.14. The van der Waals surface area contributed by atoms with Crippen LogP contribution in [0.4, 0.5) is 0 Å². The zero-order valence-electron chi connectivity index (χ0n) is 23.5. The quantitative estimate of drug-likeness (QED) is 0.187. The fourth-order valence-corrected chi connectivity index (χ4v) is 6.42. The van der Waals surface area contributed by atoms with Gasteiger partial charge in [0.05, 0.1) is 18.4 Å². The number of carbonyl (C=O) groups is 1. The maximum absolute atomic E-state index is 11.7. The maximum atomic E-state index is 11.7. The molecule has 2 aromatic carbocycles. The van der Waals surface area contributed by atoms with E-state index in [4.69, 9.17) is 19.9 Å². The Kier molecular flexibility index (Phi) is 8.73. The number of nitrogens with zero attached hydrogens (tertiary/aromatic N) is 2. The molecule has 1 amide bonds. The molecule has 0 bridgehead atoms. The molecule has 206 valence electrons. The SMILES string of the molecule is C[C@H](O[Si](C)(C)C(C)(C)C)[C@H](CCOc1cccc(-c2csc(-c3ccccc3)n2)c1)c1nc(C(N)=O)c[nH]1. The minimum atomic E-state index is -2.03. The molecule has 7 nitrogen and oxygen atoms in total. The molecule has 0 unspecified atom stereocenters. The van der Waals surface area contributed by atoms with Crippen LogP contribution in [-0.4, -0.2) is 41.9 Å². The average Bonchev–Trinajstić information content (AvgIpc) is 3.57. The van der Waals surface area contributed by atoms with Crippen LogP contribution in [0.3, 0.4) is 0 Å². The van der Waals surface area contributed by atoms with Gasteiger partial charge in [-0.2, -0.15) is 0 Å². The first-order chi connectivity index (χ1) is 18.4. The van der Waals surface area contributed by atoms with Gasteiger partial charge >= 0.3 is 0 Å². The van der Waals surface area contributed by atoms with Crippen molar-refractivity contribution < 1.29 is 14.0 Å². The number of aromatic nitrogens is 3. The molecule has 2 aromatic heterocycles. The molecule has 9 heteroatoms. The van der Waals surface area contributed by atoms with Crippen molar-refractivity contribution >= 4 is 25.6 Å². The summed E-state index contributed by atoms with van der Waals surface area (Å²) in [4.78, 5) is 24.1. The number of primary amides is 1. The number of rotatable bonds is 11. The van der Waals surface area contributed by atoms with Crippen molar-refractivity contribution in [3.63, 3.8) is 0 Å². The van der Waals surface area contributed by atoms with Crippen LogP contribution in [0, 0.1) is 0 Å². The number of nitrogens with one attached hydrogen (secondary N) is 1. The van der Waals surface area contributed by atoms with E-state index in [2.05, 4.69) is 68.3 Å². The van der Waals surface area contributed by atoms with Crippen LogP contribution in [0.1, 0.15) is 56.3 Å². The minimum Gasteiger partial charge on any atom is -0.494 e. The number of ether oxygens (including phenoxy) is 1. The molecule has 0 aliphatic heterocycles. The zero-order valence-corrected chi connectivity index (χ0v) is 25.3. The number of nitrogens with two attached hydrogens (primary N) is 1. The average molecular weight is 563 g/mol. The number of hydrogen-bond donors (Lipinski definition) is 2. The lowest BCUT2D eigenvalue weighted by Crippen LogP contribution is -2.44. The Bertz CT molecular complexity index is 1390. The summed E-state index contributed by atoms with van der Waals surface area (Å²) in [5.74, 6) is 0.807. The first-order valence-electron chi connectivity index (χ1n) is 13.2. The number of aromatic amines is 1. The summed E-state index contributed by atoms with van der Waals surface area (Å²) in [5, 5.41) is 3.13. The van der Waals surface area contributed by atoms with Gasteiger partial charge in [-0.25, -0.2) is 9.97 Å². The summed E-state index contributed by atoms with van der Waals surface area (Å²) >= 11 is 1.63. The molecular formula is C30H38N4O3SSi. The summed E-state index contributed by atoms with van der Waals surface area (Å²) in [7, 11) is -2.03. The van der Waals surface area contributed by atoms with Gasteiger partial charge in [0.1, 0.15) is 22.3 Å². The van der Waals surface area contributed by atoms with Crippen LogP contribution >= 0.6 is 11.3 Å². The monoisotopic (exact) mass is 562 g/mol. The highest BCUT2D eigenvalue weighted by molar-refractivity contribution is 7.13. The highest BCUT2D eigenvalue weighted by atomic mass is 32.1. The van der Waals surface area contributed by atoms with Gasteiger partial charge in [-0.3, -0.25) is 4.79 Å². The molecule has 0 aliphatic rings. The van der Waals surface area contributed by atoms with E-state index < -0.39 is 14.2 Å². The number of imidazole rings is 1. The number of carbonyl (C=O) groups excluding carboxylic acids is 1. The lowest BCUT2D eigenvalue weighted by Gasteiger charge is -2.40. The minimum absolute atomic E-state index is 0.0698. The number of hydrogen-bond acceptors (Lipinski definition) is 6. The van der Waals surface area contributed by atoms with E-state index in [1.165, 1.54) is 0 Å². The Balaban J connectivity index is 1.47. The van der Waals surface area contributed by atoms with Gasteiger partial charge < -0.3 is 19.9 Å². The molecule has 0 aliphatic carbocycles. The molecule has 0 radical (unpaired) electrons. The third kappa shape index (κ3) is 7.03. The van der Waals surface area contributed by atoms with E-state index >= 15 is 0 Å². The van der Waals surface area contributed by atoms with Crippen LogP contribution in [0.2, 0.25) is 18.1 Å². The number of amides is 1. The van der Waals surface area contributed by atoms with Crippen molar-refractivity contribution in [2.45, 2.75) is 64.3 Å². The highest BCUT2D eigenvalue weighted by Gasteiger charge is 2.40. The van der Waals surface area contributed by atoms with Crippen molar-refractivity contribution in [3.05, 3.63) is 77.7 Å². The zero-order chi connectivity index (χ0) is 28.2. The summed E-state index contributed by atoms with van der Waals surface area (Å²) in [5.41, 5.74) is 8.73. The molecule has 0 saturated carbocycles. The molecule has 2 atom stereocenters. The topological polar surface area (TPSA) is 103 Å². The lowest BCUT2D eigenvalue weighted by molar-refractivity contribution is 0.0995. The van der Waals surface area contributed by atoms with Gasteiger partial charge in [0.15, 0.2) is 8.32 Å². The molecule has 0 spiro atoms. The smallest absolute Gasteiger partial charge is 0.268 e.